The Morgan fingerprint density at radius 2 is 2.10 bits per heavy atom. The van der Waals surface area contributed by atoms with E-state index in [4.69, 9.17) is 11.0 Å². The fraction of sp³-hybridized carbons (Fsp3) is 0. The maximum atomic E-state index is 8.81. The van der Waals surface area contributed by atoms with Gasteiger partial charge in [0, 0.05) is 35.1 Å². The molecule has 2 aromatic heterocycles. The number of hydrogen-bond acceptors (Lipinski definition) is 5. The molecule has 0 radical (unpaired) electrons. The van der Waals surface area contributed by atoms with Gasteiger partial charge in [-0.3, -0.25) is 4.98 Å². The molecule has 0 saturated carbocycles. The second-order valence-electron chi connectivity index (χ2n) is 4.30. The summed E-state index contributed by atoms with van der Waals surface area (Å²) in [5.74, 6) is 0.535. The zero-order chi connectivity index (χ0) is 13.9. The van der Waals surface area contributed by atoms with Crippen LogP contribution in [0.3, 0.4) is 0 Å². The SMILES string of the molecule is N#Cc1cnc(Nc2cccc3cnccc23)c(N)c1. The number of nitrogens with zero attached hydrogens (tertiary/aromatic N) is 3. The summed E-state index contributed by atoms with van der Waals surface area (Å²) < 4.78 is 0. The van der Waals surface area contributed by atoms with E-state index in [-0.39, 0.29) is 0 Å². The van der Waals surface area contributed by atoms with E-state index in [1.54, 1.807) is 18.5 Å². The minimum atomic E-state index is 0.440. The van der Waals surface area contributed by atoms with Crippen LogP contribution < -0.4 is 11.1 Å². The Balaban J connectivity index is 2.04. The van der Waals surface area contributed by atoms with Crippen LogP contribution in [0.1, 0.15) is 5.56 Å². The molecule has 0 unspecified atom stereocenters. The van der Waals surface area contributed by atoms with Crippen LogP contribution in [-0.4, -0.2) is 9.97 Å². The first-order valence-electron chi connectivity index (χ1n) is 6.03. The van der Waals surface area contributed by atoms with Crippen LogP contribution in [0.25, 0.3) is 10.8 Å². The zero-order valence-electron chi connectivity index (χ0n) is 10.5. The molecule has 3 N–H and O–H groups in total. The van der Waals surface area contributed by atoms with Gasteiger partial charge in [0.1, 0.15) is 6.07 Å². The van der Waals surface area contributed by atoms with E-state index in [9.17, 15) is 0 Å². The number of nitrogens with two attached hydrogens (primary N) is 1. The Kier molecular flexibility index (Phi) is 2.90. The van der Waals surface area contributed by atoms with Crippen molar-refractivity contribution in [2.45, 2.75) is 0 Å². The third kappa shape index (κ3) is 2.10. The van der Waals surface area contributed by atoms with Crippen molar-refractivity contribution in [3.8, 4) is 6.07 Å². The smallest absolute Gasteiger partial charge is 0.153 e. The van der Waals surface area contributed by atoms with E-state index in [1.807, 2.05) is 30.3 Å². The van der Waals surface area contributed by atoms with Crippen LogP contribution >= 0.6 is 0 Å². The van der Waals surface area contributed by atoms with E-state index in [1.165, 1.54) is 6.20 Å². The van der Waals surface area contributed by atoms with Gasteiger partial charge in [0.05, 0.1) is 11.3 Å². The van der Waals surface area contributed by atoms with Crippen LogP contribution in [0.15, 0.2) is 48.9 Å². The molecule has 0 saturated heterocycles. The van der Waals surface area contributed by atoms with Crippen molar-refractivity contribution in [3.63, 3.8) is 0 Å². The molecule has 0 atom stereocenters. The third-order valence-electron chi connectivity index (χ3n) is 2.98. The predicted octanol–water partition coefficient (Wildman–Crippen LogP) is 2.83. The Bertz CT molecular complexity index is 815. The van der Waals surface area contributed by atoms with E-state index < -0.39 is 0 Å². The Labute approximate surface area is 115 Å². The molecule has 20 heavy (non-hydrogen) atoms. The number of fused-ring (bicyclic) bond motifs is 1. The average Bonchev–Trinajstić information content (AvgIpc) is 2.49. The van der Waals surface area contributed by atoms with Gasteiger partial charge in [-0.1, -0.05) is 12.1 Å². The molecule has 0 spiro atoms. The maximum Gasteiger partial charge on any atom is 0.153 e. The van der Waals surface area contributed by atoms with Crippen molar-refractivity contribution in [1.29, 1.82) is 5.26 Å². The van der Waals surface area contributed by atoms with Crippen molar-refractivity contribution in [1.82, 2.24) is 9.97 Å². The Morgan fingerprint density at radius 1 is 1.20 bits per heavy atom. The molecule has 0 amide bonds. The van der Waals surface area contributed by atoms with Gasteiger partial charge in [-0.25, -0.2) is 4.98 Å². The van der Waals surface area contributed by atoms with Crippen LogP contribution in [0.2, 0.25) is 0 Å². The van der Waals surface area contributed by atoms with Crippen LogP contribution in [0.4, 0.5) is 17.2 Å². The molecule has 5 heteroatoms. The normalized spacial score (nSPS) is 10.2. The summed E-state index contributed by atoms with van der Waals surface area (Å²) in [5.41, 5.74) is 7.68. The molecular formula is C15H11N5. The van der Waals surface area contributed by atoms with E-state index in [2.05, 4.69) is 15.3 Å². The third-order valence-corrected chi connectivity index (χ3v) is 2.98. The van der Waals surface area contributed by atoms with E-state index in [0.29, 0.717) is 17.1 Å². The number of anilines is 3. The molecule has 3 rings (SSSR count). The standard InChI is InChI=1S/C15H11N5/c16-7-10-6-13(17)15(19-8-10)20-14-3-1-2-11-9-18-5-4-12(11)14/h1-6,8-9H,17H2,(H,19,20). The number of nitrogen functional groups attached to an aromatic ring is 1. The molecule has 96 valence electrons. The fourth-order valence-corrected chi connectivity index (χ4v) is 2.01. The van der Waals surface area contributed by atoms with Gasteiger partial charge in [-0.2, -0.15) is 5.26 Å². The maximum absolute atomic E-state index is 8.81. The Morgan fingerprint density at radius 3 is 2.90 bits per heavy atom. The summed E-state index contributed by atoms with van der Waals surface area (Å²) >= 11 is 0. The number of hydrogen-bond donors (Lipinski definition) is 2. The summed E-state index contributed by atoms with van der Waals surface area (Å²) in [6, 6.07) is 11.4. The molecule has 0 bridgehead atoms. The first kappa shape index (κ1) is 11.9. The van der Waals surface area contributed by atoms with Gasteiger partial charge in [0.25, 0.3) is 0 Å². The average molecular weight is 261 g/mol. The highest BCUT2D eigenvalue weighted by molar-refractivity contribution is 5.95. The van der Waals surface area contributed by atoms with Gasteiger partial charge in [-0.05, 0) is 18.2 Å². The largest absolute Gasteiger partial charge is 0.396 e. The van der Waals surface area contributed by atoms with Crippen molar-refractivity contribution < 1.29 is 0 Å². The Hall–Kier alpha value is -3.13. The second-order valence-corrected chi connectivity index (χ2v) is 4.30. The van der Waals surface area contributed by atoms with Crippen molar-refractivity contribution in [3.05, 3.63) is 54.5 Å². The lowest BCUT2D eigenvalue weighted by molar-refractivity contribution is 1.29. The van der Waals surface area contributed by atoms with Gasteiger partial charge in [0.15, 0.2) is 5.82 Å². The first-order chi connectivity index (χ1) is 9.78. The molecule has 5 nitrogen and oxygen atoms in total. The monoisotopic (exact) mass is 261 g/mol. The minimum Gasteiger partial charge on any atom is -0.396 e. The molecule has 1 aromatic carbocycles. The number of nitrogens with one attached hydrogen (secondary N) is 1. The van der Waals surface area contributed by atoms with Crippen molar-refractivity contribution >= 4 is 28.0 Å². The molecule has 0 aliphatic heterocycles. The van der Waals surface area contributed by atoms with E-state index >= 15 is 0 Å². The van der Waals surface area contributed by atoms with Gasteiger partial charge in [0.2, 0.25) is 0 Å². The highest BCUT2D eigenvalue weighted by Gasteiger charge is 2.05. The van der Waals surface area contributed by atoms with Crippen LogP contribution in [0, 0.1) is 11.3 Å². The lowest BCUT2D eigenvalue weighted by Crippen LogP contribution is -2.00. The number of aromatic nitrogens is 2. The van der Waals surface area contributed by atoms with Crippen LogP contribution in [0.5, 0.6) is 0 Å². The van der Waals surface area contributed by atoms with E-state index in [0.717, 1.165) is 16.5 Å². The highest BCUT2D eigenvalue weighted by Crippen LogP contribution is 2.27. The van der Waals surface area contributed by atoms with Gasteiger partial charge < -0.3 is 11.1 Å². The second kappa shape index (κ2) is 4.86. The molecule has 2 heterocycles. The summed E-state index contributed by atoms with van der Waals surface area (Å²) in [5, 5.41) is 14.1. The molecular weight excluding hydrogens is 250 g/mol. The summed E-state index contributed by atoms with van der Waals surface area (Å²) in [6.07, 6.45) is 5.03. The summed E-state index contributed by atoms with van der Waals surface area (Å²) in [7, 11) is 0. The topological polar surface area (TPSA) is 87.6 Å². The fourth-order valence-electron chi connectivity index (χ4n) is 2.01. The lowest BCUT2D eigenvalue weighted by atomic mass is 10.1. The highest BCUT2D eigenvalue weighted by atomic mass is 15.0. The van der Waals surface area contributed by atoms with Crippen molar-refractivity contribution in [2.24, 2.45) is 0 Å². The predicted molar refractivity (Wildman–Crippen MR) is 78.4 cm³/mol. The first-order valence-corrected chi connectivity index (χ1v) is 6.03. The number of rotatable bonds is 2. The number of pyridine rings is 2. The quantitative estimate of drug-likeness (QED) is 0.740. The molecule has 0 aliphatic carbocycles. The lowest BCUT2D eigenvalue weighted by Gasteiger charge is -2.10. The number of nitriles is 1. The van der Waals surface area contributed by atoms with Crippen molar-refractivity contribution in [2.75, 3.05) is 11.1 Å². The summed E-state index contributed by atoms with van der Waals surface area (Å²) in [6.45, 7) is 0. The molecule has 3 aromatic rings. The number of benzene rings is 1. The zero-order valence-corrected chi connectivity index (χ0v) is 10.5. The van der Waals surface area contributed by atoms with Gasteiger partial charge >= 0.3 is 0 Å². The minimum absolute atomic E-state index is 0.440. The molecule has 0 aliphatic rings. The van der Waals surface area contributed by atoms with Crippen LogP contribution in [-0.2, 0) is 0 Å². The summed E-state index contributed by atoms with van der Waals surface area (Å²) in [4.78, 5) is 8.27. The van der Waals surface area contributed by atoms with Gasteiger partial charge in [-0.15, -0.1) is 0 Å². The molecule has 0 fully saturated rings.